The molecule has 0 aromatic carbocycles. The van der Waals surface area contributed by atoms with Crippen molar-refractivity contribution in [3.8, 4) is 0 Å². The Kier molecular flexibility index (Phi) is 4.11. The minimum atomic E-state index is -0.766. The molecule has 1 fully saturated rings. The first kappa shape index (κ1) is 13.9. The predicted molar refractivity (Wildman–Crippen MR) is 70.4 cm³/mol. The summed E-state index contributed by atoms with van der Waals surface area (Å²) >= 11 is 0. The number of hydrogen-bond acceptors (Lipinski definition) is 5. The SMILES string of the molecule is CN(C)C(=O)[C@@]1(C)CN(Cc2cncnc2)CCO1. The molecule has 1 aromatic rings. The molecule has 0 radical (unpaired) electrons. The van der Waals surface area contributed by atoms with Gasteiger partial charge in [-0.05, 0) is 6.92 Å². The highest BCUT2D eigenvalue weighted by molar-refractivity contribution is 5.84. The van der Waals surface area contributed by atoms with Gasteiger partial charge in [-0.25, -0.2) is 9.97 Å². The van der Waals surface area contributed by atoms with Gasteiger partial charge >= 0.3 is 0 Å². The van der Waals surface area contributed by atoms with E-state index in [1.165, 1.54) is 6.33 Å². The van der Waals surface area contributed by atoms with Gasteiger partial charge in [0, 0.05) is 51.7 Å². The van der Waals surface area contributed by atoms with Crippen LogP contribution >= 0.6 is 0 Å². The molecule has 0 aliphatic carbocycles. The number of aromatic nitrogens is 2. The van der Waals surface area contributed by atoms with Gasteiger partial charge in [-0.1, -0.05) is 0 Å². The Bertz CT molecular complexity index is 438. The fraction of sp³-hybridized carbons (Fsp3) is 0.615. The molecule has 1 aliphatic rings. The molecule has 0 unspecified atom stereocenters. The van der Waals surface area contributed by atoms with E-state index in [9.17, 15) is 4.79 Å². The summed E-state index contributed by atoms with van der Waals surface area (Å²) in [7, 11) is 3.50. The maximum Gasteiger partial charge on any atom is 0.255 e. The first-order valence-electron chi connectivity index (χ1n) is 6.33. The van der Waals surface area contributed by atoms with Crippen LogP contribution in [-0.2, 0) is 16.1 Å². The second kappa shape index (κ2) is 5.63. The number of likely N-dealkylation sites (N-methyl/N-ethyl adjacent to an activating group) is 1. The Morgan fingerprint density at radius 1 is 1.47 bits per heavy atom. The third kappa shape index (κ3) is 3.27. The van der Waals surface area contributed by atoms with Gasteiger partial charge in [-0.15, -0.1) is 0 Å². The summed E-state index contributed by atoms with van der Waals surface area (Å²) in [5, 5.41) is 0. The highest BCUT2D eigenvalue weighted by Gasteiger charge is 2.40. The smallest absolute Gasteiger partial charge is 0.255 e. The normalized spacial score (nSPS) is 24.2. The number of amides is 1. The van der Waals surface area contributed by atoms with Gasteiger partial charge in [-0.2, -0.15) is 0 Å². The van der Waals surface area contributed by atoms with Gasteiger partial charge < -0.3 is 9.64 Å². The fourth-order valence-corrected chi connectivity index (χ4v) is 2.36. The average molecular weight is 264 g/mol. The molecule has 2 rings (SSSR count). The van der Waals surface area contributed by atoms with Crippen molar-refractivity contribution in [1.29, 1.82) is 0 Å². The monoisotopic (exact) mass is 264 g/mol. The van der Waals surface area contributed by atoms with Crippen molar-refractivity contribution in [3.63, 3.8) is 0 Å². The molecular weight excluding hydrogens is 244 g/mol. The lowest BCUT2D eigenvalue weighted by molar-refractivity contribution is -0.165. The predicted octanol–water partition coefficient (Wildman–Crippen LogP) is 0.156. The standard InChI is InChI=1S/C13H20N4O2/c1-13(12(18)16(2)3)9-17(4-5-19-13)8-11-6-14-10-15-7-11/h6-7,10H,4-5,8-9H2,1-3H3/t13-/m1/s1. The van der Waals surface area contributed by atoms with E-state index in [-0.39, 0.29) is 5.91 Å². The van der Waals surface area contributed by atoms with E-state index in [0.717, 1.165) is 18.7 Å². The number of hydrogen-bond donors (Lipinski definition) is 0. The first-order valence-corrected chi connectivity index (χ1v) is 6.33. The Morgan fingerprint density at radius 3 is 2.79 bits per heavy atom. The van der Waals surface area contributed by atoms with Gasteiger partial charge in [0.25, 0.3) is 5.91 Å². The molecule has 0 bridgehead atoms. The number of carbonyl (C=O) groups excluding carboxylic acids is 1. The molecule has 0 spiro atoms. The zero-order valence-electron chi connectivity index (χ0n) is 11.7. The summed E-state index contributed by atoms with van der Waals surface area (Å²) in [5.41, 5.74) is 0.279. The Hall–Kier alpha value is -1.53. The third-order valence-electron chi connectivity index (χ3n) is 3.23. The van der Waals surface area contributed by atoms with Crippen LogP contribution < -0.4 is 0 Å². The molecule has 1 aromatic heterocycles. The summed E-state index contributed by atoms with van der Waals surface area (Å²) in [6, 6.07) is 0. The lowest BCUT2D eigenvalue weighted by Gasteiger charge is -2.40. The molecule has 19 heavy (non-hydrogen) atoms. The maximum atomic E-state index is 12.2. The van der Waals surface area contributed by atoms with Gasteiger partial charge in [0.1, 0.15) is 6.33 Å². The molecule has 1 atom stereocenters. The lowest BCUT2D eigenvalue weighted by atomic mass is 10.0. The van der Waals surface area contributed by atoms with Crippen LogP contribution in [0.15, 0.2) is 18.7 Å². The number of nitrogens with zero attached hydrogens (tertiary/aromatic N) is 4. The van der Waals surface area contributed by atoms with Crippen molar-refractivity contribution >= 4 is 5.91 Å². The number of ether oxygens (including phenoxy) is 1. The van der Waals surface area contributed by atoms with Crippen molar-refractivity contribution in [2.45, 2.75) is 19.1 Å². The van der Waals surface area contributed by atoms with Crippen molar-refractivity contribution in [3.05, 3.63) is 24.3 Å². The van der Waals surface area contributed by atoms with Gasteiger partial charge in [0.15, 0.2) is 5.60 Å². The Morgan fingerprint density at radius 2 is 2.16 bits per heavy atom. The van der Waals surface area contributed by atoms with E-state index in [1.807, 2.05) is 6.92 Å². The highest BCUT2D eigenvalue weighted by Crippen LogP contribution is 2.20. The van der Waals surface area contributed by atoms with E-state index in [0.29, 0.717) is 13.2 Å². The topological polar surface area (TPSA) is 58.6 Å². The molecule has 1 saturated heterocycles. The van der Waals surface area contributed by atoms with E-state index in [4.69, 9.17) is 4.74 Å². The molecular formula is C13H20N4O2. The van der Waals surface area contributed by atoms with Crippen LogP contribution in [0, 0.1) is 0 Å². The van der Waals surface area contributed by atoms with E-state index >= 15 is 0 Å². The number of carbonyl (C=O) groups is 1. The molecule has 104 valence electrons. The summed E-state index contributed by atoms with van der Waals surface area (Å²) in [4.78, 5) is 24.0. The van der Waals surface area contributed by atoms with Crippen LogP contribution in [0.3, 0.4) is 0 Å². The van der Waals surface area contributed by atoms with Crippen molar-refractivity contribution in [2.24, 2.45) is 0 Å². The molecule has 6 heteroatoms. The molecule has 0 saturated carbocycles. The molecule has 6 nitrogen and oxygen atoms in total. The van der Waals surface area contributed by atoms with Gasteiger partial charge in [0.05, 0.1) is 6.61 Å². The Labute approximate surface area is 113 Å². The van der Waals surface area contributed by atoms with Crippen LogP contribution in [0.1, 0.15) is 12.5 Å². The molecule has 0 N–H and O–H groups in total. The second-order valence-corrected chi connectivity index (χ2v) is 5.24. The fourth-order valence-electron chi connectivity index (χ4n) is 2.36. The summed E-state index contributed by atoms with van der Waals surface area (Å²) in [6.45, 7) is 4.54. The highest BCUT2D eigenvalue weighted by atomic mass is 16.5. The molecule has 1 amide bonds. The van der Waals surface area contributed by atoms with Crippen molar-refractivity contribution in [1.82, 2.24) is 19.8 Å². The molecule has 2 heterocycles. The third-order valence-corrected chi connectivity index (χ3v) is 3.23. The molecule has 1 aliphatic heterocycles. The number of rotatable bonds is 3. The van der Waals surface area contributed by atoms with Gasteiger partial charge in [-0.3, -0.25) is 9.69 Å². The second-order valence-electron chi connectivity index (χ2n) is 5.24. The van der Waals surface area contributed by atoms with Crippen LogP contribution in [-0.4, -0.2) is 65.1 Å². The van der Waals surface area contributed by atoms with Crippen molar-refractivity contribution < 1.29 is 9.53 Å². The minimum absolute atomic E-state index is 0.00140. The van der Waals surface area contributed by atoms with Crippen LogP contribution in [0.4, 0.5) is 0 Å². The van der Waals surface area contributed by atoms with E-state index < -0.39 is 5.60 Å². The van der Waals surface area contributed by atoms with E-state index in [1.54, 1.807) is 31.4 Å². The van der Waals surface area contributed by atoms with Crippen LogP contribution in [0.2, 0.25) is 0 Å². The van der Waals surface area contributed by atoms with E-state index in [2.05, 4.69) is 14.9 Å². The van der Waals surface area contributed by atoms with Crippen LogP contribution in [0.25, 0.3) is 0 Å². The quantitative estimate of drug-likeness (QED) is 0.778. The lowest BCUT2D eigenvalue weighted by Crippen LogP contribution is -2.57. The Balaban J connectivity index is 2.03. The minimum Gasteiger partial charge on any atom is -0.363 e. The summed E-state index contributed by atoms with van der Waals surface area (Å²) < 4.78 is 5.69. The maximum absolute atomic E-state index is 12.2. The average Bonchev–Trinajstić information content (AvgIpc) is 2.39. The van der Waals surface area contributed by atoms with Crippen LogP contribution in [0.5, 0.6) is 0 Å². The zero-order chi connectivity index (χ0) is 13.9. The van der Waals surface area contributed by atoms with Crippen molar-refractivity contribution in [2.75, 3.05) is 33.8 Å². The summed E-state index contributed by atoms with van der Waals surface area (Å²) in [5.74, 6) is 0.00140. The largest absolute Gasteiger partial charge is 0.363 e. The van der Waals surface area contributed by atoms with Gasteiger partial charge in [0.2, 0.25) is 0 Å². The summed E-state index contributed by atoms with van der Waals surface area (Å²) in [6.07, 6.45) is 5.11. The zero-order valence-corrected chi connectivity index (χ0v) is 11.7. The first-order chi connectivity index (χ1) is 9.01. The number of morpholine rings is 1.